The predicted octanol–water partition coefficient (Wildman–Crippen LogP) is 3.13. The molecule has 144 valence electrons. The quantitative estimate of drug-likeness (QED) is 0.805. The van der Waals surface area contributed by atoms with Crippen molar-refractivity contribution < 1.29 is 23.1 Å². The molecule has 6 nitrogen and oxygen atoms in total. The molecule has 2 aromatic heterocycles. The van der Waals surface area contributed by atoms with Crippen LogP contribution in [0.1, 0.15) is 34.7 Å². The highest BCUT2D eigenvalue weighted by atomic mass is 19.1. The molecule has 0 aliphatic carbocycles. The van der Waals surface area contributed by atoms with Gasteiger partial charge in [-0.15, -0.1) is 0 Å². The second kappa shape index (κ2) is 6.96. The highest BCUT2D eigenvalue weighted by Crippen LogP contribution is 2.42. The molecule has 2 aliphatic heterocycles. The fourth-order valence-electron chi connectivity index (χ4n) is 4.07. The Morgan fingerprint density at radius 3 is 2.96 bits per heavy atom. The Morgan fingerprint density at radius 2 is 2.26 bits per heavy atom. The summed E-state index contributed by atoms with van der Waals surface area (Å²) in [6, 6.07) is 4.65. The molecule has 27 heavy (non-hydrogen) atoms. The average Bonchev–Trinajstić information content (AvgIpc) is 3.17. The van der Waals surface area contributed by atoms with Gasteiger partial charge in [0.05, 0.1) is 25.3 Å². The average molecular weight is 374 g/mol. The summed E-state index contributed by atoms with van der Waals surface area (Å²) in [7, 11) is 0. The summed E-state index contributed by atoms with van der Waals surface area (Å²) in [6.07, 6.45) is 3.16. The summed E-state index contributed by atoms with van der Waals surface area (Å²) in [5.74, 6) is 1.22. The number of likely N-dealkylation sites (tertiary alicyclic amines) is 1. The number of aryl methyl sites for hydroxylation is 2. The fraction of sp³-hybridized carbons (Fsp3) is 0.500. The maximum absolute atomic E-state index is 13.6. The molecule has 0 aromatic carbocycles. The van der Waals surface area contributed by atoms with E-state index in [0.717, 1.165) is 18.6 Å². The molecule has 1 spiro atoms. The highest BCUT2D eigenvalue weighted by Gasteiger charge is 2.54. The first-order chi connectivity index (χ1) is 13.0. The SMILES string of the molecule is Cc1cc(C(=O)N2CC3(C2)OCCC3CCOc2ncccc2F)c(C)o1. The van der Waals surface area contributed by atoms with Crippen molar-refractivity contribution in [1.82, 2.24) is 9.88 Å². The smallest absolute Gasteiger partial charge is 0.257 e. The van der Waals surface area contributed by atoms with E-state index < -0.39 is 5.82 Å². The lowest BCUT2D eigenvalue weighted by Gasteiger charge is -2.50. The molecule has 4 rings (SSSR count). The number of pyridine rings is 1. The maximum Gasteiger partial charge on any atom is 0.257 e. The molecule has 2 saturated heterocycles. The molecule has 2 fully saturated rings. The number of rotatable bonds is 5. The van der Waals surface area contributed by atoms with E-state index in [1.165, 1.54) is 18.3 Å². The van der Waals surface area contributed by atoms with Crippen molar-refractivity contribution >= 4 is 5.91 Å². The number of furan rings is 1. The number of hydrogen-bond donors (Lipinski definition) is 0. The molecule has 0 radical (unpaired) electrons. The van der Waals surface area contributed by atoms with E-state index in [-0.39, 0.29) is 23.3 Å². The van der Waals surface area contributed by atoms with Crippen molar-refractivity contribution in [3.05, 3.63) is 47.3 Å². The largest absolute Gasteiger partial charge is 0.476 e. The topological polar surface area (TPSA) is 64.8 Å². The highest BCUT2D eigenvalue weighted by molar-refractivity contribution is 5.96. The Kier molecular flexibility index (Phi) is 4.63. The van der Waals surface area contributed by atoms with Gasteiger partial charge in [0.15, 0.2) is 5.82 Å². The van der Waals surface area contributed by atoms with Crippen LogP contribution in [0.25, 0.3) is 0 Å². The van der Waals surface area contributed by atoms with E-state index in [2.05, 4.69) is 4.98 Å². The standard InChI is InChI=1S/C20H23FN2O4/c1-13-10-16(14(2)27-13)19(24)23-11-20(12-23)15(6-9-26-20)5-8-25-18-17(21)4-3-7-22-18/h3-4,7,10,15H,5-6,8-9,11-12H2,1-2H3. The first kappa shape index (κ1) is 18.0. The maximum atomic E-state index is 13.6. The second-order valence-corrected chi connectivity index (χ2v) is 7.31. The van der Waals surface area contributed by atoms with Gasteiger partial charge in [-0.1, -0.05) is 0 Å². The van der Waals surface area contributed by atoms with E-state index >= 15 is 0 Å². The summed E-state index contributed by atoms with van der Waals surface area (Å²) < 4.78 is 30.5. The van der Waals surface area contributed by atoms with Crippen LogP contribution in [0.3, 0.4) is 0 Å². The van der Waals surface area contributed by atoms with Gasteiger partial charge < -0.3 is 18.8 Å². The van der Waals surface area contributed by atoms with Gasteiger partial charge in [0.2, 0.25) is 5.88 Å². The first-order valence-corrected chi connectivity index (χ1v) is 9.22. The zero-order valence-electron chi connectivity index (χ0n) is 15.5. The molecule has 0 bridgehead atoms. The molecule has 4 heterocycles. The summed E-state index contributed by atoms with van der Waals surface area (Å²) in [5.41, 5.74) is 0.305. The Morgan fingerprint density at radius 1 is 1.44 bits per heavy atom. The van der Waals surface area contributed by atoms with E-state index in [1.807, 2.05) is 6.92 Å². The van der Waals surface area contributed by atoms with Crippen molar-refractivity contribution in [2.24, 2.45) is 5.92 Å². The molecule has 7 heteroatoms. The van der Waals surface area contributed by atoms with Crippen LogP contribution >= 0.6 is 0 Å². The molecule has 1 amide bonds. The van der Waals surface area contributed by atoms with Crippen LogP contribution in [0.4, 0.5) is 4.39 Å². The Hall–Kier alpha value is -2.41. The molecular formula is C20H23FN2O4. The van der Waals surface area contributed by atoms with Gasteiger partial charge in [-0.05, 0) is 50.8 Å². The number of carbonyl (C=O) groups is 1. The third-order valence-electron chi connectivity index (χ3n) is 5.51. The van der Waals surface area contributed by atoms with Gasteiger partial charge >= 0.3 is 0 Å². The van der Waals surface area contributed by atoms with Crippen LogP contribution in [0.15, 0.2) is 28.8 Å². The van der Waals surface area contributed by atoms with Crippen LogP contribution in [0.5, 0.6) is 5.88 Å². The van der Waals surface area contributed by atoms with Crippen molar-refractivity contribution in [1.29, 1.82) is 0 Å². The summed E-state index contributed by atoms with van der Waals surface area (Å²) in [6.45, 7) is 5.82. The normalized spacial score (nSPS) is 20.7. The second-order valence-electron chi connectivity index (χ2n) is 7.31. The molecular weight excluding hydrogens is 351 g/mol. The Bertz CT molecular complexity index is 844. The van der Waals surface area contributed by atoms with E-state index in [4.69, 9.17) is 13.9 Å². The summed E-state index contributed by atoms with van der Waals surface area (Å²) in [5, 5.41) is 0. The summed E-state index contributed by atoms with van der Waals surface area (Å²) >= 11 is 0. The fourth-order valence-corrected chi connectivity index (χ4v) is 4.07. The van der Waals surface area contributed by atoms with Crippen molar-refractivity contribution in [2.45, 2.75) is 32.3 Å². The van der Waals surface area contributed by atoms with Crippen LogP contribution in [-0.4, -0.2) is 47.7 Å². The van der Waals surface area contributed by atoms with E-state index in [0.29, 0.717) is 37.6 Å². The number of aromatic nitrogens is 1. The summed E-state index contributed by atoms with van der Waals surface area (Å²) in [4.78, 5) is 18.4. The number of hydrogen-bond acceptors (Lipinski definition) is 5. The van der Waals surface area contributed by atoms with Gasteiger partial charge in [-0.25, -0.2) is 9.37 Å². The number of carbonyl (C=O) groups excluding carboxylic acids is 1. The van der Waals surface area contributed by atoms with Gasteiger partial charge in [-0.3, -0.25) is 4.79 Å². The minimum atomic E-state index is -0.457. The first-order valence-electron chi connectivity index (χ1n) is 9.22. The Balaban J connectivity index is 1.33. The van der Waals surface area contributed by atoms with Crippen LogP contribution < -0.4 is 4.74 Å². The number of amides is 1. The zero-order valence-corrected chi connectivity index (χ0v) is 15.5. The molecule has 1 atom stereocenters. The Labute approximate surface area is 157 Å². The zero-order chi connectivity index (χ0) is 19.0. The number of nitrogens with zero attached hydrogens (tertiary/aromatic N) is 2. The monoisotopic (exact) mass is 374 g/mol. The molecule has 0 N–H and O–H groups in total. The molecule has 2 aromatic rings. The van der Waals surface area contributed by atoms with Crippen LogP contribution in [-0.2, 0) is 4.74 Å². The molecule has 2 aliphatic rings. The van der Waals surface area contributed by atoms with Crippen molar-refractivity contribution in [2.75, 3.05) is 26.3 Å². The predicted molar refractivity (Wildman–Crippen MR) is 95.2 cm³/mol. The minimum absolute atomic E-state index is 0.0176. The van der Waals surface area contributed by atoms with E-state index in [9.17, 15) is 9.18 Å². The van der Waals surface area contributed by atoms with Crippen molar-refractivity contribution in [3.8, 4) is 5.88 Å². The molecule has 1 unspecified atom stereocenters. The lowest BCUT2D eigenvalue weighted by molar-refractivity contribution is -0.119. The van der Waals surface area contributed by atoms with Gasteiger partial charge in [0.1, 0.15) is 17.1 Å². The van der Waals surface area contributed by atoms with Gasteiger partial charge in [0, 0.05) is 12.8 Å². The number of halogens is 1. The molecule has 0 saturated carbocycles. The van der Waals surface area contributed by atoms with E-state index in [1.54, 1.807) is 17.9 Å². The third-order valence-corrected chi connectivity index (χ3v) is 5.51. The van der Waals surface area contributed by atoms with Crippen LogP contribution in [0, 0.1) is 25.6 Å². The van der Waals surface area contributed by atoms with Crippen molar-refractivity contribution in [3.63, 3.8) is 0 Å². The van der Waals surface area contributed by atoms with Gasteiger partial charge in [0.25, 0.3) is 5.91 Å². The lowest BCUT2D eigenvalue weighted by atomic mass is 9.79. The third kappa shape index (κ3) is 3.32. The minimum Gasteiger partial charge on any atom is -0.476 e. The van der Waals surface area contributed by atoms with Crippen LogP contribution in [0.2, 0.25) is 0 Å². The lowest BCUT2D eigenvalue weighted by Crippen LogP contribution is -2.66. The number of ether oxygens (including phenoxy) is 2. The van der Waals surface area contributed by atoms with Gasteiger partial charge in [-0.2, -0.15) is 0 Å².